The van der Waals surface area contributed by atoms with Crippen molar-refractivity contribution in [2.24, 2.45) is 5.92 Å². The Morgan fingerprint density at radius 3 is 2.56 bits per heavy atom. The molecule has 1 N–H and O–H groups in total. The fourth-order valence-corrected chi connectivity index (χ4v) is 5.58. The van der Waals surface area contributed by atoms with Crippen molar-refractivity contribution in [2.75, 3.05) is 7.11 Å². The van der Waals surface area contributed by atoms with Crippen molar-refractivity contribution in [1.82, 2.24) is 0 Å². The average Bonchev–Trinajstić information content (AvgIpc) is 3.67. The molecule has 3 aromatic rings. The molecule has 0 amide bonds. The quantitative estimate of drug-likeness (QED) is 0.211. The largest absolute Gasteiger partial charge is 0.497 e. The van der Waals surface area contributed by atoms with E-state index in [1.54, 1.807) is 19.2 Å². The Morgan fingerprint density at radius 1 is 1.06 bits per heavy atom. The smallest absolute Gasteiger partial charge is 0.303 e. The standard InChI is InChI=1S/C30H33FO4S/c1-19(2)36-29-14-21(9-11-26(29)27-17-24(34-3)10-12-28(27)31)18-35-25-6-4-5-22(15-25)23(16-30(32)33)13-20-7-8-20/h4-6,9-12,14-15,17,19-20,23H,7-8,13,16,18H2,1-3H3,(H,32,33)/p+1/t23-/m1/s1. The molecular formula is C30H34FO4S+. The molecule has 4 nitrogen and oxygen atoms in total. The minimum absolute atomic E-state index is 0.00652. The van der Waals surface area contributed by atoms with E-state index in [9.17, 15) is 14.3 Å². The molecule has 1 saturated carbocycles. The van der Waals surface area contributed by atoms with Crippen LogP contribution >= 0.6 is 0 Å². The lowest BCUT2D eigenvalue weighted by molar-refractivity contribution is -0.137. The molecule has 0 saturated heterocycles. The summed E-state index contributed by atoms with van der Waals surface area (Å²) in [6, 6.07) is 18.6. The summed E-state index contributed by atoms with van der Waals surface area (Å²) < 4.78 is 26.2. The van der Waals surface area contributed by atoms with Crippen LogP contribution in [0.4, 0.5) is 4.39 Å². The lowest BCUT2D eigenvalue weighted by Gasteiger charge is -2.16. The van der Waals surface area contributed by atoms with E-state index in [0.717, 1.165) is 45.5 Å². The number of aliphatic carboxylic acids is 1. The molecule has 0 aliphatic heterocycles. The van der Waals surface area contributed by atoms with Gasteiger partial charge in [-0.15, -0.1) is 0 Å². The van der Waals surface area contributed by atoms with Crippen molar-refractivity contribution >= 4 is 17.7 Å². The van der Waals surface area contributed by atoms with E-state index in [4.69, 9.17) is 9.47 Å². The van der Waals surface area contributed by atoms with Gasteiger partial charge in [0.15, 0.2) is 4.90 Å². The van der Waals surface area contributed by atoms with Gasteiger partial charge in [0.1, 0.15) is 29.2 Å². The molecule has 1 aliphatic rings. The van der Waals surface area contributed by atoms with Gasteiger partial charge in [-0.2, -0.15) is 0 Å². The van der Waals surface area contributed by atoms with Gasteiger partial charge >= 0.3 is 5.97 Å². The van der Waals surface area contributed by atoms with Crippen molar-refractivity contribution in [3.05, 3.63) is 77.6 Å². The zero-order valence-corrected chi connectivity index (χ0v) is 21.9. The van der Waals surface area contributed by atoms with Crippen molar-refractivity contribution in [3.63, 3.8) is 0 Å². The number of methoxy groups -OCH3 is 1. The molecule has 0 radical (unpaired) electrons. The molecule has 3 aromatic carbocycles. The van der Waals surface area contributed by atoms with Gasteiger partial charge in [0, 0.05) is 29.0 Å². The van der Waals surface area contributed by atoms with Crippen LogP contribution in [0.1, 0.15) is 56.6 Å². The molecule has 0 unspecified atom stereocenters. The van der Waals surface area contributed by atoms with Gasteiger partial charge < -0.3 is 14.6 Å². The predicted molar refractivity (Wildman–Crippen MR) is 144 cm³/mol. The molecule has 0 heterocycles. The molecule has 0 bridgehead atoms. The van der Waals surface area contributed by atoms with Gasteiger partial charge in [0.2, 0.25) is 0 Å². The maximum Gasteiger partial charge on any atom is 0.303 e. The van der Waals surface area contributed by atoms with Gasteiger partial charge in [-0.05, 0) is 79.6 Å². The number of ether oxygens (including phenoxy) is 2. The summed E-state index contributed by atoms with van der Waals surface area (Å²) in [6.45, 7) is 4.64. The van der Waals surface area contributed by atoms with Gasteiger partial charge in [0.25, 0.3) is 0 Å². The van der Waals surface area contributed by atoms with Crippen LogP contribution in [-0.2, 0) is 23.2 Å². The first-order valence-electron chi connectivity index (χ1n) is 12.4. The minimum Gasteiger partial charge on any atom is -0.497 e. The second-order valence-electron chi connectivity index (χ2n) is 9.76. The van der Waals surface area contributed by atoms with Crippen LogP contribution in [0.3, 0.4) is 0 Å². The molecule has 0 aromatic heterocycles. The molecule has 1 fully saturated rings. The summed E-state index contributed by atoms with van der Waals surface area (Å²) in [4.78, 5) is 12.5. The van der Waals surface area contributed by atoms with E-state index >= 15 is 0 Å². The summed E-state index contributed by atoms with van der Waals surface area (Å²) in [7, 11) is 1.58. The Bertz CT molecular complexity index is 1210. The van der Waals surface area contributed by atoms with Crippen LogP contribution in [0.2, 0.25) is 0 Å². The van der Waals surface area contributed by atoms with E-state index < -0.39 is 5.97 Å². The zero-order valence-electron chi connectivity index (χ0n) is 21.0. The lowest BCUT2D eigenvalue weighted by atomic mass is 9.90. The first-order chi connectivity index (χ1) is 17.3. The number of carbonyl (C=O) groups is 1. The molecule has 1 atom stereocenters. The Hall–Kier alpha value is -2.99. The molecule has 4 rings (SSSR count). The second-order valence-corrected chi connectivity index (χ2v) is 11.5. The number of carboxylic acids is 1. The number of benzene rings is 3. The van der Waals surface area contributed by atoms with Crippen LogP contribution in [-0.4, -0.2) is 23.4 Å². The Labute approximate surface area is 216 Å². The van der Waals surface area contributed by atoms with E-state index in [-0.39, 0.29) is 18.2 Å². The SMILES string of the molecule is COc1ccc(F)c(-c2ccc(COc3cccc([C@@H](CC(=O)O)CC4CC4)c3)cc2[SH+]C(C)C)c1. The highest BCUT2D eigenvalue weighted by Gasteiger charge is 2.28. The first kappa shape index (κ1) is 26.1. The average molecular weight is 510 g/mol. The van der Waals surface area contributed by atoms with Crippen LogP contribution in [0.15, 0.2) is 65.6 Å². The Kier molecular flexibility index (Phi) is 8.57. The van der Waals surface area contributed by atoms with E-state index in [2.05, 4.69) is 19.9 Å². The number of halogens is 1. The number of rotatable bonds is 12. The normalized spacial score (nSPS) is 14.0. The maximum absolute atomic E-state index is 14.7. The Morgan fingerprint density at radius 2 is 1.86 bits per heavy atom. The van der Waals surface area contributed by atoms with Crippen molar-refractivity contribution in [3.8, 4) is 22.6 Å². The zero-order chi connectivity index (χ0) is 25.7. The third-order valence-electron chi connectivity index (χ3n) is 6.39. The summed E-state index contributed by atoms with van der Waals surface area (Å²) in [5.74, 6) is 0.950. The minimum atomic E-state index is -0.767. The number of carboxylic acid groups (broad SMARTS) is 1. The highest BCUT2D eigenvalue weighted by Crippen LogP contribution is 2.40. The monoisotopic (exact) mass is 509 g/mol. The van der Waals surface area contributed by atoms with Crippen LogP contribution < -0.4 is 9.47 Å². The number of hydrogen-bond acceptors (Lipinski definition) is 3. The fourth-order valence-electron chi connectivity index (χ4n) is 4.45. The highest BCUT2D eigenvalue weighted by molar-refractivity contribution is 7.79. The van der Waals surface area contributed by atoms with Crippen molar-refractivity contribution in [1.29, 1.82) is 0 Å². The number of hydrogen-bond donors (Lipinski definition) is 1. The third kappa shape index (κ3) is 7.03. The van der Waals surface area contributed by atoms with Gasteiger partial charge in [-0.1, -0.05) is 31.0 Å². The van der Waals surface area contributed by atoms with Crippen LogP contribution in [0.25, 0.3) is 11.1 Å². The van der Waals surface area contributed by atoms with Gasteiger partial charge in [-0.3, -0.25) is 4.79 Å². The maximum atomic E-state index is 14.7. The van der Waals surface area contributed by atoms with Crippen molar-refractivity contribution < 1.29 is 23.8 Å². The van der Waals surface area contributed by atoms with Crippen LogP contribution in [0.5, 0.6) is 11.5 Å². The lowest BCUT2D eigenvalue weighted by Crippen LogP contribution is -2.08. The number of thiol groups is 1. The van der Waals surface area contributed by atoms with Gasteiger partial charge in [0.05, 0.1) is 13.5 Å². The predicted octanol–water partition coefficient (Wildman–Crippen LogP) is 7.02. The fraction of sp³-hybridized carbons (Fsp3) is 0.367. The van der Waals surface area contributed by atoms with E-state index in [0.29, 0.717) is 29.1 Å². The van der Waals surface area contributed by atoms with E-state index in [1.807, 2.05) is 36.4 Å². The van der Waals surface area contributed by atoms with E-state index in [1.165, 1.54) is 18.9 Å². The molecule has 36 heavy (non-hydrogen) atoms. The first-order valence-corrected chi connectivity index (χ1v) is 13.4. The second kappa shape index (κ2) is 11.8. The third-order valence-corrected chi connectivity index (χ3v) is 7.56. The van der Waals surface area contributed by atoms with Gasteiger partial charge in [-0.25, -0.2) is 4.39 Å². The topological polar surface area (TPSA) is 55.8 Å². The summed E-state index contributed by atoms with van der Waals surface area (Å²) in [5, 5.41) is 9.75. The van der Waals surface area contributed by atoms with Crippen molar-refractivity contribution in [2.45, 2.75) is 62.2 Å². The van der Waals surface area contributed by atoms with Crippen LogP contribution in [0, 0.1) is 11.7 Å². The Balaban J connectivity index is 1.54. The molecular weight excluding hydrogens is 475 g/mol. The summed E-state index contributed by atoms with van der Waals surface area (Å²) in [6.07, 6.45) is 3.44. The molecule has 6 heteroatoms. The highest BCUT2D eigenvalue weighted by atomic mass is 32.2. The molecule has 0 spiro atoms. The summed E-state index contributed by atoms with van der Waals surface area (Å²) in [5.41, 5.74) is 3.39. The molecule has 1 aliphatic carbocycles. The molecule has 190 valence electrons. The summed E-state index contributed by atoms with van der Waals surface area (Å²) >= 11 is 1.10.